The van der Waals surface area contributed by atoms with Crippen LogP contribution in [0.2, 0.25) is 0 Å². The molecule has 1 amide bonds. The summed E-state index contributed by atoms with van der Waals surface area (Å²) in [6.07, 6.45) is 5.13. The number of rotatable bonds is 14. The molecule has 40 heavy (non-hydrogen) atoms. The van der Waals surface area contributed by atoms with E-state index in [1.807, 2.05) is 30.3 Å². The lowest BCUT2D eigenvalue weighted by Crippen LogP contribution is -2.32. The van der Waals surface area contributed by atoms with Crippen LogP contribution in [0, 0.1) is 5.92 Å². The van der Waals surface area contributed by atoms with Crippen LogP contribution >= 0.6 is 0 Å². The Morgan fingerprint density at radius 1 is 1.23 bits per heavy atom. The molecule has 2 aromatic heterocycles. The van der Waals surface area contributed by atoms with Gasteiger partial charge >= 0.3 is 5.97 Å². The summed E-state index contributed by atoms with van der Waals surface area (Å²) in [6.45, 7) is 2.31. The Kier molecular flexibility index (Phi) is 9.15. The first-order valence-corrected chi connectivity index (χ1v) is 15.4. The van der Waals surface area contributed by atoms with Crippen molar-refractivity contribution in [2.24, 2.45) is 5.92 Å². The third kappa shape index (κ3) is 6.47. The molecule has 1 aromatic carbocycles. The number of methoxy groups -OCH3 is 1. The fraction of sp³-hybridized carbons (Fsp3) is 0.483. The molecule has 2 N–H and O–H groups in total. The largest absolute Gasteiger partial charge is 0.481 e. The Hall–Kier alpha value is -3.44. The van der Waals surface area contributed by atoms with Crippen molar-refractivity contribution in [2.45, 2.75) is 51.4 Å². The number of fused-ring (bicyclic) bond motifs is 1. The van der Waals surface area contributed by atoms with E-state index in [4.69, 9.17) is 14.1 Å². The number of aryl methyl sites for hydroxylation is 1. The van der Waals surface area contributed by atoms with Gasteiger partial charge in [0.1, 0.15) is 11.6 Å². The smallest absolute Gasteiger partial charge is 0.308 e. The number of furan rings is 1. The van der Waals surface area contributed by atoms with E-state index >= 15 is 0 Å². The fourth-order valence-corrected chi connectivity index (χ4v) is 5.85. The molecule has 0 aliphatic heterocycles. The van der Waals surface area contributed by atoms with E-state index in [9.17, 15) is 23.1 Å². The van der Waals surface area contributed by atoms with Crippen LogP contribution in [0.4, 0.5) is 5.82 Å². The minimum Gasteiger partial charge on any atom is -0.481 e. The van der Waals surface area contributed by atoms with Gasteiger partial charge in [-0.25, -0.2) is 8.42 Å². The maximum absolute atomic E-state index is 13.0. The number of hydrogen-bond acceptors (Lipinski definition) is 7. The van der Waals surface area contributed by atoms with Gasteiger partial charge in [-0.2, -0.15) is 4.98 Å². The summed E-state index contributed by atoms with van der Waals surface area (Å²) in [5, 5.41) is 12.6. The van der Waals surface area contributed by atoms with Gasteiger partial charge in [0, 0.05) is 26.3 Å². The number of aliphatic carboxylic acids is 1. The fourth-order valence-electron chi connectivity index (χ4n) is 4.92. The monoisotopic (exact) mass is 571 g/mol. The molecule has 10 nitrogen and oxygen atoms in total. The molecule has 2 heterocycles. The quantitative estimate of drug-likeness (QED) is 0.268. The molecule has 0 unspecified atom stereocenters. The second-order valence-corrected chi connectivity index (χ2v) is 12.2. The molecule has 1 aliphatic carbocycles. The van der Waals surface area contributed by atoms with Gasteiger partial charge in [-0.15, -0.1) is 0 Å². The van der Waals surface area contributed by atoms with Crippen LogP contribution in [0.3, 0.4) is 0 Å². The van der Waals surface area contributed by atoms with Crippen molar-refractivity contribution < 1.29 is 32.3 Å². The summed E-state index contributed by atoms with van der Waals surface area (Å²) in [7, 11) is -0.703. The van der Waals surface area contributed by atoms with Gasteiger partial charge in [-0.1, -0.05) is 37.6 Å². The van der Waals surface area contributed by atoms with Crippen molar-refractivity contribution >= 4 is 38.8 Å². The van der Waals surface area contributed by atoms with Crippen LogP contribution < -0.4 is 9.62 Å². The van der Waals surface area contributed by atoms with Gasteiger partial charge < -0.3 is 19.6 Å². The Balaban J connectivity index is 1.75. The summed E-state index contributed by atoms with van der Waals surface area (Å²) in [5.74, 6) is -1.08. The number of benzene rings is 1. The second kappa shape index (κ2) is 12.4. The summed E-state index contributed by atoms with van der Waals surface area (Å²) in [4.78, 5) is 29.2. The number of aromatic nitrogens is 1. The molecule has 3 aromatic rings. The number of nitrogens with zero attached hydrogens (tertiary/aromatic N) is 2. The number of carbonyl (C=O) groups is 2. The highest BCUT2D eigenvalue weighted by atomic mass is 32.2. The average Bonchev–Trinajstić information content (AvgIpc) is 3.70. The number of anilines is 1. The van der Waals surface area contributed by atoms with Gasteiger partial charge in [-0.3, -0.25) is 13.9 Å². The molecule has 216 valence electrons. The lowest BCUT2D eigenvalue weighted by atomic mass is 10.0. The highest BCUT2D eigenvalue weighted by molar-refractivity contribution is 7.92. The van der Waals surface area contributed by atoms with Crippen molar-refractivity contribution in [3.05, 3.63) is 47.0 Å². The summed E-state index contributed by atoms with van der Waals surface area (Å²) in [6, 6.07) is 9.63. The number of unbranched alkanes of at least 4 members (excludes halogenated alkanes) is 1. The Labute approximate surface area is 234 Å². The molecule has 0 spiro atoms. The minimum atomic E-state index is -3.72. The van der Waals surface area contributed by atoms with Crippen molar-refractivity contribution in [3.8, 4) is 11.3 Å². The van der Waals surface area contributed by atoms with Gasteiger partial charge in [0.2, 0.25) is 15.7 Å². The molecular weight excluding hydrogens is 534 g/mol. The van der Waals surface area contributed by atoms with Gasteiger partial charge in [0.25, 0.3) is 5.91 Å². The lowest BCUT2D eigenvalue weighted by molar-refractivity contribution is -0.143. The third-order valence-electron chi connectivity index (χ3n) is 7.30. The molecule has 1 atom stereocenters. The van der Waals surface area contributed by atoms with Gasteiger partial charge in [0.05, 0.1) is 29.7 Å². The van der Waals surface area contributed by atoms with E-state index in [2.05, 4.69) is 12.2 Å². The number of carboxylic acid groups (broad SMARTS) is 1. The number of carbonyl (C=O) groups excluding carboxylic acids is 1. The van der Waals surface area contributed by atoms with E-state index in [0.717, 1.165) is 42.2 Å². The first-order valence-electron chi connectivity index (χ1n) is 13.6. The van der Waals surface area contributed by atoms with E-state index in [1.54, 1.807) is 7.05 Å². The Bertz CT molecular complexity index is 1480. The molecule has 0 radical (unpaired) electrons. The van der Waals surface area contributed by atoms with Crippen LogP contribution in [0.5, 0.6) is 0 Å². The number of sulfonamides is 1. The highest BCUT2D eigenvalue weighted by Gasteiger charge is 2.34. The van der Waals surface area contributed by atoms with Crippen LogP contribution in [0.25, 0.3) is 22.4 Å². The van der Waals surface area contributed by atoms with E-state index in [0.29, 0.717) is 41.8 Å². The van der Waals surface area contributed by atoms with Gasteiger partial charge in [-0.05, 0) is 55.2 Å². The van der Waals surface area contributed by atoms with E-state index < -0.39 is 21.9 Å². The number of hydrogen-bond donors (Lipinski definition) is 2. The third-order valence-corrected chi connectivity index (χ3v) is 8.46. The molecule has 4 rings (SSSR count). The number of ether oxygens (including phenoxy) is 1. The van der Waals surface area contributed by atoms with Crippen LogP contribution in [0.15, 0.2) is 34.7 Å². The molecule has 1 saturated carbocycles. The Morgan fingerprint density at radius 2 is 1.93 bits per heavy atom. The van der Waals surface area contributed by atoms with Crippen molar-refractivity contribution in [3.63, 3.8) is 0 Å². The molecule has 0 saturated heterocycles. The summed E-state index contributed by atoms with van der Waals surface area (Å²) < 4.78 is 38.4. The van der Waals surface area contributed by atoms with E-state index in [-0.39, 0.29) is 30.7 Å². The first kappa shape index (κ1) is 29.5. The predicted octanol–water partition coefficient (Wildman–Crippen LogP) is 4.58. The molecule has 1 fully saturated rings. The SMILES string of the molecule is CCc1ccc(-c2oc3nc(N(CCCC[C@H](COC)C(=O)O)S(C)(=O)=O)c(C4CC4)cc3c2C(=O)NC)cc1. The summed E-state index contributed by atoms with van der Waals surface area (Å²) in [5.41, 5.74) is 3.20. The maximum Gasteiger partial charge on any atom is 0.308 e. The molecule has 1 aliphatic rings. The van der Waals surface area contributed by atoms with Crippen molar-refractivity contribution in [2.75, 3.05) is 37.9 Å². The second-order valence-electron chi connectivity index (χ2n) is 10.3. The molecular formula is C29H37N3O7S. The zero-order chi connectivity index (χ0) is 29.0. The minimum absolute atomic E-state index is 0.102. The Morgan fingerprint density at radius 3 is 2.48 bits per heavy atom. The van der Waals surface area contributed by atoms with Crippen LogP contribution in [-0.4, -0.2) is 63.9 Å². The molecule has 11 heteroatoms. The number of amides is 1. The van der Waals surface area contributed by atoms with Crippen molar-refractivity contribution in [1.82, 2.24) is 10.3 Å². The number of pyridine rings is 1. The highest BCUT2D eigenvalue weighted by Crippen LogP contribution is 2.46. The van der Waals surface area contributed by atoms with Crippen LogP contribution in [0.1, 0.15) is 66.4 Å². The summed E-state index contributed by atoms with van der Waals surface area (Å²) >= 11 is 0. The average molecular weight is 572 g/mol. The molecule has 0 bridgehead atoms. The van der Waals surface area contributed by atoms with Crippen LogP contribution in [-0.2, 0) is 26.0 Å². The zero-order valence-corrected chi connectivity index (χ0v) is 24.2. The lowest BCUT2D eigenvalue weighted by Gasteiger charge is -2.24. The van der Waals surface area contributed by atoms with E-state index in [1.165, 1.54) is 11.4 Å². The van der Waals surface area contributed by atoms with Gasteiger partial charge in [0.15, 0.2) is 0 Å². The first-order chi connectivity index (χ1) is 19.1. The normalized spacial score (nSPS) is 14.3. The maximum atomic E-state index is 13.0. The zero-order valence-electron chi connectivity index (χ0n) is 23.4. The number of nitrogens with one attached hydrogen (secondary N) is 1. The predicted molar refractivity (Wildman–Crippen MR) is 153 cm³/mol. The number of carboxylic acids is 1. The standard InChI is InChI=1S/C29H37N3O7S/c1-5-18-9-11-20(12-10-18)25-24(27(33)30-2)23-16-22(19-13-14-19)26(31-28(23)39-25)32(40(4,36)37)15-7-6-8-21(17-38-3)29(34)35/h9-12,16,19,21H,5-8,13-15,17H2,1-4H3,(H,30,33)(H,34,35)/t21-/m1/s1. The topological polar surface area (TPSA) is 139 Å². The van der Waals surface area contributed by atoms with Crippen molar-refractivity contribution in [1.29, 1.82) is 0 Å².